The Morgan fingerprint density at radius 3 is 3.06 bits per heavy atom. The number of halogens is 1. The average Bonchev–Trinajstić information content (AvgIpc) is 2.78. The summed E-state index contributed by atoms with van der Waals surface area (Å²) in [4.78, 5) is 11.7. The lowest BCUT2D eigenvalue weighted by Gasteiger charge is -2.03. The van der Waals surface area contributed by atoms with Crippen LogP contribution in [0.15, 0.2) is 30.5 Å². The van der Waals surface area contributed by atoms with E-state index < -0.39 is 0 Å². The second kappa shape index (κ2) is 5.31. The highest BCUT2D eigenvalue weighted by atomic mass is 127. The summed E-state index contributed by atoms with van der Waals surface area (Å²) in [6.45, 7) is 2.14. The number of H-pyrrole nitrogens is 1. The zero-order chi connectivity index (χ0) is 12.3. The fraction of sp³-hybridized carbons (Fsp3) is 0.167. The largest absolute Gasteiger partial charge is 0.462 e. The molecule has 1 aromatic carbocycles. The van der Waals surface area contributed by atoms with Crippen LogP contribution in [0, 0.1) is 3.57 Å². The summed E-state index contributed by atoms with van der Waals surface area (Å²) in [6, 6.07) is 7.84. The molecule has 0 spiro atoms. The fourth-order valence-corrected chi connectivity index (χ4v) is 2.06. The molecule has 2 rings (SSSR count). The molecule has 4 nitrogen and oxygen atoms in total. The number of esters is 1. The molecule has 1 aromatic heterocycles. The average molecular weight is 342 g/mol. The normalized spacial score (nSPS) is 10.2. The van der Waals surface area contributed by atoms with Gasteiger partial charge in [0.25, 0.3) is 0 Å². The number of carbonyl (C=O) groups is 1. The second-order valence-electron chi connectivity index (χ2n) is 3.39. The first kappa shape index (κ1) is 12.1. The molecule has 0 aliphatic heterocycles. The van der Waals surface area contributed by atoms with Gasteiger partial charge in [0.05, 0.1) is 18.5 Å². The van der Waals surface area contributed by atoms with E-state index in [0.29, 0.717) is 17.9 Å². The maximum Gasteiger partial charge on any atom is 0.341 e. The summed E-state index contributed by atoms with van der Waals surface area (Å²) in [6.07, 6.45) is 1.49. The number of ether oxygens (including phenoxy) is 1. The number of hydrogen-bond donors (Lipinski definition) is 1. The molecule has 88 valence electrons. The van der Waals surface area contributed by atoms with Gasteiger partial charge in [0.2, 0.25) is 0 Å². The van der Waals surface area contributed by atoms with Crippen molar-refractivity contribution in [2.24, 2.45) is 0 Å². The molecule has 0 amide bonds. The smallest absolute Gasteiger partial charge is 0.341 e. The Hall–Kier alpha value is -1.37. The Balaban J connectivity index is 2.40. The Labute approximate surface area is 113 Å². The van der Waals surface area contributed by atoms with Crippen molar-refractivity contribution in [3.8, 4) is 11.3 Å². The summed E-state index contributed by atoms with van der Waals surface area (Å²) < 4.78 is 6.08. The van der Waals surface area contributed by atoms with Crippen LogP contribution in [0.25, 0.3) is 11.3 Å². The monoisotopic (exact) mass is 342 g/mol. The third-order valence-electron chi connectivity index (χ3n) is 2.25. The molecule has 0 fully saturated rings. The summed E-state index contributed by atoms with van der Waals surface area (Å²) in [5.41, 5.74) is 2.09. The van der Waals surface area contributed by atoms with Gasteiger partial charge in [-0.25, -0.2) is 4.79 Å². The minimum Gasteiger partial charge on any atom is -0.462 e. The van der Waals surface area contributed by atoms with E-state index in [-0.39, 0.29) is 5.97 Å². The number of rotatable bonds is 3. The molecular weight excluding hydrogens is 331 g/mol. The quantitative estimate of drug-likeness (QED) is 0.689. The van der Waals surface area contributed by atoms with Crippen LogP contribution in [0.5, 0.6) is 0 Å². The molecule has 1 N–H and O–H groups in total. The van der Waals surface area contributed by atoms with Gasteiger partial charge in [-0.3, -0.25) is 5.10 Å². The van der Waals surface area contributed by atoms with E-state index in [1.807, 2.05) is 24.3 Å². The van der Waals surface area contributed by atoms with E-state index in [2.05, 4.69) is 32.8 Å². The van der Waals surface area contributed by atoms with Crippen LogP contribution in [0.4, 0.5) is 0 Å². The summed E-state index contributed by atoms with van der Waals surface area (Å²) >= 11 is 2.23. The zero-order valence-electron chi connectivity index (χ0n) is 9.24. The molecule has 2 aromatic rings. The van der Waals surface area contributed by atoms with Gasteiger partial charge in [0, 0.05) is 9.13 Å². The first-order chi connectivity index (χ1) is 8.22. The van der Waals surface area contributed by atoms with Crippen LogP contribution >= 0.6 is 22.6 Å². The predicted octanol–water partition coefficient (Wildman–Crippen LogP) is 2.86. The van der Waals surface area contributed by atoms with Gasteiger partial charge in [0.1, 0.15) is 5.56 Å². The molecule has 0 saturated heterocycles. The molecule has 0 unspecified atom stereocenters. The second-order valence-corrected chi connectivity index (χ2v) is 4.64. The lowest BCUT2D eigenvalue weighted by Crippen LogP contribution is -2.04. The minimum atomic E-state index is -0.352. The Kier molecular flexibility index (Phi) is 3.78. The Morgan fingerprint density at radius 1 is 1.53 bits per heavy atom. The van der Waals surface area contributed by atoms with Crippen LogP contribution in [0.2, 0.25) is 0 Å². The summed E-state index contributed by atoms with van der Waals surface area (Å²) in [5, 5.41) is 6.74. The van der Waals surface area contributed by atoms with Crippen LogP contribution in [-0.4, -0.2) is 22.8 Å². The Morgan fingerprint density at radius 2 is 2.35 bits per heavy atom. The van der Waals surface area contributed by atoms with Gasteiger partial charge >= 0.3 is 5.97 Å². The van der Waals surface area contributed by atoms with E-state index in [9.17, 15) is 4.79 Å². The molecule has 0 radical (unpaired) electrons. The number of nitrogens with zero attached hydrogens (tertiary/aromatic N) is 1. The molecule has 0 bridgehead atoms. The summed E-state index contributed by atoms with van der Waals surface area (Å²) in [7, 11) is 0. The maximum absolute atomic E-state index is 11.7. The van der Waals surface area contributed by atoms with Crippen LogP contribution < -0.4 is 0 Å². The van der Waals surface area contributed by atoms with Gasteiger partial charge in [-0.15, -0.1) is 0 Å². The maximum atomic E-state index is 11.7. The van der Waals surface area contributed by atoms with Crippen molar-refractivity contribution in [2.75, 3.05) is 6.61 Å². The summed E-state index contributed by atoms with van der Waals surface area (Å²) in [5.74, 6) is -0.352. The molecule has 0 saturated carbocycles. The molecule has 5 heteroatoms. The molecular formula is C12H11IN2O2. The Bertz CT molecular complexity index is 537. The molecule has 17 heavy (non-hydrogen) atoms. The van der Waals surface area contributed by atoms with E-state index >= 15 is 0 Å². The fourth-order valence-electron chi connectivity index (χ4n) is 1.51. The number of benzene rings is 1. The van der Waals surface area contributed by atoms with Gasteiger partial charge in [0.15, 0.2) is 0 Å². The first-order valence-electron chi connectivity index (χ1n) is 5.18. The molecule has 1 heterocycles. The predicted molar refractivity (Wildman–Crippen MR) is 72.7 cm³/mol. The highest BCUT2D eigenvalue weighted by Gasteiger charge is 2.16. The highest BCUT2D eigenvalue weighted by molar-refractivity contribution is 14.1. The van der Waals surface area contributed by atoms with Gasteiger partial charge in [-0.2, -0.15) is 5.10 Å². The van der Waals surface area contributed by atoms with Crippen LogP contribution in [0.3, 0.4) is 0 Å². The first-order valence-corrected chi connectivity index (χ1v) is 6.26. The van der Waals surface area contributed by atoms with Crippen molar-refractivity contribution in [2.45, 2.75) is 6.92 Å². The number of hydrogen-bond acceptors (Lipinski definition) is 3. The van der Waals surface area contributed by atoms with E-state index in [4.69, 9.17) is 4.74 Å². The van der Waals surface area contributed by atoms with Crippen molar-refractivity contribution in [1.82, 2.24) is 10.2 Å². The lowest BCUT2D eigenvalue weighted by atomic mass is 10.1. The number of carbonyl (C=O) groups excluding carboxylic acids is 1. The van der Waals surface area contributed by atoms with Crippen molar-refractivity contribution in [3.63, 3.8) is 0 Å². The topological polar surface area (TPSA) is 55.0 Å². The molecule has 0 aliphatic rings. The van der Waals surface area contributed by atoms with E-state index in [0.717, 1.165) is 9.13 Å². The number of aromatic nitrogens is 2. The molecule has 0 atom stereocenters. The van der Waals surface area contributed by atoms with Crippen molar-refractivity contribution in [1.29, 1.82) is 0 Å². The lowest BCUT2D eigenvalue weighted by molar-refractivity contribution is 0.0527. The van der Waals surface area contributed by atoms with Gasteiger partial charge in [-0.1, -0.05) is 12.1 Å². The van der Waals surface area contributed by atoms with Crippen molar-refractivity contribution < 1.29 is 9.53 Å². The van der Waals surface area contributed by atoms with E-state index in [1.54, 1.807) is 6.92 Å². The standard InChI is InChI=1S/C12H11IN2O2/c1-2-17-12(16)10-7-14-15-11(10)8-4-3-5-9(13)6-8/h3-7H,2H2,1H3,(H,14,15). The number of nitrogens with one attached hydrogen (secondary N) is 1. The van der Waals surface area contributed by atoms with Gasteiger partial charge < -0.3 is 4.74 Å². The SMILES string of the molecule is CCOC(=O)c1cn[nH]c1-c1cccc(I)c1. The van der Waals surface area contributed by atoms with Crippen molar-refractivity contribution >= 4 is 28.6 Å². The van der Waals surface area contributed by atoms with Crippen molar-refractivity contribution in [3.05, 3.63) is 39.6 Å². The van der Waals surface area contributed by atoms with Gasteiger partial charge in [-0.05, 0) is 41.6 Å². The third-order valence-corrected chi connectivity index (χ3v) is 2.92. The third kappa shape index (κ3) is 2.66. The van der Waals surface area contributed by atoms with E-state index in [1.165, 1.54) is 6.20 Å². The number of aromatic amines is 1. The minimum absolute atomic E-state index is 0.352. The zero-order valence-corrected chi connectivity index (χ0v) is 11.4. The van der Waals surface area contributed by atoms with Crippen LogP contribution in [-0.2, 0) is 4.74 Å². The molecule has 0 aliphatic carbocycles. The highest BCUT2D eigenvalue weighted by Crippen LogP contribution is 2.23. The van der Waals surface area contributed by atoms with Crippen LogP contribution in [0.1, 0.15) is 17.3 Å².